The molecule has 2 atom stereocenters. The Hall–Kier alpha value is -2.21. The van der Waals surface area contributed by atoms with Crippen molar-refractivity contribution in [2.45, 2.75) is 31.9 Å². The van der Waals surface area contributed by atoms with Crippen molar-refractivity contribution in [2.75, 3.05) is 45.8 Å². The standard InChI is InChI=1S/C25H33N3O2/c1-20-7-9-22(10-8-20)25(30)28-14-12-23(24(29)19-28)27-17-15-26(16-18-27)13-11-21-5-3-2-4-6-21/h2-10,23-24,29H,11-19H2,1H3/t23-,24-/m1/s1. The van der Waals surface area contributed by atoms with Crippen LogP contribution < -0.4 is 0 Å². The summed E-state index contributed by atoms with van der Waals surface area (Å²) in [5.41, 5.74) is 3.24. The minimum Gasteiger partial charge on any atom is -0.390 e. The van der Waals surface area contributed by atoms with Gasteiger partial charge in [-0.2, -0.15) is 0 Å². The van der Waals surface area contributed by atoms with Gasteiger partial charge in [-0.05, 0) is 37.5 Å². The highest BCUT2D eigenvalue weighted by atomic mass is 16.3. The molecule has 5 heteroatoms. The lowest BCUT2D eigenvalue weighted by atomic mass is 9.98. The van der Waals surface area contributed by atoms with Gasteiger partial charge in [0.05, 0.1) is 6.10 Å². The molecule has 1 amide bonds. The van der Waals surface area contributed by atoms with Gasteiger partial charge in [-0.25, -0.2) is 0 Å². The molecule has 2 aliphatic heterocycles. The summed E-state index contributed by atoms with van der Waals surface area (Å²) in [7, 11) is 0. The highest BCUT2D eigenvalue weighted by molar-refractivity contribution is 5.94. The summed E-state index contributed by atoms with van der Waals surface area (Å²) in [6.45, 7) is 8.30. The molecular weight excluding hydrogens is 374 g/mol. The Morgan fingerprint density at radius 3 is 2.33 bits per heavy atom. The Morgan fingerprint density at radius 1 is 0.967 bits per heavy atom. The van der Waals surface area contributed by atoms with Gasteiger partial charge in [-0.15, -0.1) is 0 Å². The quantitative estimate of drug-likeness (QED) is 0.827. The van der Waals surface area contributed by atoms with Crippen LogP contribution in [0.2, 0.25) is 0 Å². The Bertz CT molecular complexity index is 816. The lowest BCUT2D eigenvalue weighted by molar-refractivity contribution is -0.0241. The second kappa shape index (κ2) is 9.73. The zero-order valence-electron chi connectivity index (χ0n) is 17.9. The molecule has 2 saturated heterocycles. The molecule has 2 heterocycles. The van der Waals surface area contributed by atoms with E-state index in [1.165, 1.54) is 5.56 Å². The van der Waals surface area contributed by atoms with Gasteiger partial charge in [-0.3, -0.25) is 9.69 Å². The maximum Gasteiger partial charge on any atom is 0.253 e. The number of piperidine rings is 1. The molecule has 2 aromatic rings. The molecule has 0 aliphatic carbocycles. The third-order valence-corrected chi connectivity index (χ3v) is 6.57. The SMILES string of the molecule is Cc1ccc(C(=O)N2CC[C@@H](N3CCN(CCc4ccccc4)CC3)[C@H](O)C2)cc1. The van der Waals surface area contributed by atoms with Gasteiger partial charge in [0.2, 0.25) is 0 Å². The van der Waals surface area contributed by atoms with E-state index >= 15 is 0 Å². The summed E-state index contributed by atoms with van der Waals surface area (Å²) in [4.78, 5) is 19.5. The monoisotopic (exact) mass is 407 g/mol. The number of likely N-dealkylation sites (tertiary alicyclic amines) is 1. The van der Waals surface area contributed by atoms with E-state index in [2.05, 4.69) is 40.1 Å². The van der Waals surface area contributed by atoms with Crippen molar-refractivity contribution in [1.29, 1.82) is 0 Å². The molecule has 5 nitrogen and oxygen atoms in total. The molecule has 1 N–H and O–H groups in total. The van der Waals surface area contributed by atoms with Crippen LogP contribution in [-0.4, -0.2) is 83.7 Å². The molecule has 2 aliphatic rings. The molecule has 0 bridgehead atoms. The summed E-state index contributed by atoms with van der Waals surface area (Å²) >= 11 is 0. The smallest absolute Gasteiger partial charge is 0.253 e. The number of nitrogens with zero attached hydrogens (tertiary/aromatic N) is 3. The van der Waals surface area contributed by atoms with Crippen molar-refractivity contribution in [2.24, 2.45) is 0 Å². The van der Waals surface area contributed by atoms with Crippen molar-refractivity contribution in [3.05, 3.63) is 71.3 Å². The zero-order valence-corrected chi connectivity index (χ0v) is 17.9. The predicted molar refractivity (Wildman–Crippen MR) is 120 cm³/mol. The van der Waals surface area contributed by atoms with E-state index in [1.807, 2.05) is 36.1 Å². The van der Waals surface area contributed by atoms with Gasteiger partial charge in [0.1, 0.15) is 0 Å². The normalized spacial score (nSPS) is 23.5. The van der Waals surface area contributed by atoms with Crippen LogP contribution in [0.3, 0.4) is 0 Å². The van der Waals surface area contributed by atoms with Gasteiger partial charge < -0.3 is 14.9 Å². The number of rotatable bonds is 5. The van der Waals surface area contributed by atoms with Gasteiger partial charge in [0, 0.05) is 57.4 Å². The number of benzene rings is 2. The zero-order chi connectivity index (χ0) is 20.9. The fourth-order valence-corrected chi connectivity index (χ4v) is 4.66. The maximum absolute atomic E-state index is 12.8. The summed E-state index contributed by atoms with van der Waals surface area (Å²) in [5.74, 6) is 0.0261. The van der Waals surface area contributed by atoms with E-state index in [4.69, 9.17) is 0 Å². The summed E-state index contributed by atoms with van der Waals surface area (Å²) < 4.78 is 0. The molecular formula is C25H33N3O2. The van der Waals surface area contributed by atoms with E-state index in [9.17, 15) is 9.90 Å². The highest BCUT2D eigenvalue weighted by Gasteiger charge is 2.35. The lowest BCUT2D eigenvalue weighted by Gasteiger charge is -2.45. The summed E-state index contributed by atoms with van der Waals surface area (Å²) in [6.07, 6.45) is 1.44. The highest BCUT2D eigenvalue weighted by Crippen LogP contribution is 2.21. The van der Waals surface area contributed by atoms with Crippen LogP contribution in [0.4, 0.5) is 0 Å². The predicted octanol–water partition coefficient (Wildman–Crippen LogP) is 2.43. The number of amides is 1. The van der Waals surface area contributed by atoms with Gasteiger partial charge >= 0.3 is 0 Å². The van der Waals surface area contributed by atoms with Crippen LogP contribution in [0, 0.1) is 6.92 Å². The summed E-state index contributed by atoms with van der Waals surface area (Å²) in [6, 6.07) is 18.5. The molecule has 160 valence electrons. The van der Waals surface area contributed by atoms with Gasteiger partial charge in [0.15, 0.2) is 0 Å². The third kappa shape index (κ3) is 5.09. The Balaban J connectivity index is 1.24. The summed E-state index contributed by atoms with van der Waals surface area (Å²) in [5, 5.41) is 10.8. The van der Waals surface area contributed by atoms with Gasteiger partial charge in [-0.1, -0.05) is 48.0 Å². The first-order chi connectivity index (χ1) is 14.6. The van der Waals surface area contributed by atoms with Crippen molar-refractivity contribution in [3.63, 3.8) is 0 Å². The van der Waals surface area contributed by atoms with Crippen molar-refractivity contribution in [3.8, 4) is 0 Å². The number of hydrogen-bond acceptors (Lipinski definition) is 4. The van der Waals surface area contributed by atoms with Crippen LogP contribution in [0.5, 0.6) is 0 Å². The van der Waals surface area contributed by atoms with Crippen LogP contribution >= 0.6 is 0 Å². The number of hydrogen-bond donors (Lipinski definition) is 1. The number of aliphatic hydroxyl groups excluding tert-OH is 1. The van der Waals surface area contributed by atoms with Crippen LogP contribution in [0.1, 0.15) is 27.9 Å². The van der Waals surface area contributed by atoms with Crippen LogP contribution in [0.25, 0.3) is 0 Å². The first kappa shape index (κ1) is 21.0. The number of aliphatic hydroxyl groups is 1. The Morgan fingerprint density at radius 2 is 1.67 bits per heavy atom. The molecule has 4 rings (SSSR count). The molecule has 30 heavy (non-hydrogen) atoms. The van der Waals surface area contributed by atoms with Crippen LogP contribution in [0.15, 0.2) is 54.6 Å². The molecule has 0 aromatic heterocycles. The number of aryl methyl sites for hydroxylation is 1. The van der Waals surface area contributed by atoms with E-state index in [1.54, 1.807) is 0 Å². The molecule has 2 fully saturated rings. The van der Waals surface area contributed by atoms with Gasteiger partial charge in [0.25, 0.3) is 5.91 Å². The lowest BCUT2D eigenvalue weighted by Crippen LogP contribution is -2.59. The Labute approximate surface area is 179 Å². The Kier molecular flexibility index (Phi) is 6.82. The van der Waals surface area contributed by atoms with Crippen molar-refractivity contribution in [1.82, 2.24) is 14.7 Å². The van der Waals surface area contributed by atoms with Crippen molar-refractivity contribution >= 4 is 5.91 Å². The number of carbonyl (C=O) groups excluding carboxylic acids is 1. The number of piperazine rings is 1. The average Bonchev–Trinajstić information content (AvgIpc) is 2.79. The van der Waals surface area contributed by atoms with E-state index in [-0.39, 0.29) is 11.9 Å². The average molecular weight is 408 g/mol. The second-order valence-electron chi connectivity index (χ2n) is 8.65. The van der Waals surface area contributed by atoms with Crippen LogP contribution in [-0.2, 0) is 6.42 Å². The third-order valence-electron chi connectivity index (χ3n) is 6.57. The number of carbonyl (C=O) groups is 1. The first-order valence-electron chi connectivity index (χ1n) is 11.1. The fraction of sp³-hybridized carbons (Fsp3) is 0.480. The molecule has 2 aromatic carbocycles. The molecule has 0 radical (unpaired) electrons. The number of β-amino-alcohol motifs (C(OH)–C–C–N with tert-alkyl or cyclic N) is 1. The second-order valence-corrected chi connectivity index (χ2v) is 8.65. The van der Waals surface area contributed by atoms with Crippen molar-refractivity contribution < 1.29 is 9.90 Å². The maximum atomic E-state index is 12.8. The topological polar surface area (TPSA) is 47.0 Å². The minimum absolute atomic E-state index is 0.0261. The fourth-order valence-electron chi connectivity index (χ4n) is 4.66. The molecule has 0 unspecified atom stereocenters. The van der Waals surface area contributed by atoms with E-state index in [0.717, 1.165) is 51.1 Å². The minimum atomic E-state index is -0.482. The molecule has 0 spiro atoms. The van der Waals surface area contributed by atoms with E-state index < -0.39 is 6.10 Å². The molecule has 0 saturated carbocycles. The van der Waals surface area contributed by atoms with E-state index in [0.29, 0.717) is 18.7 Å². The largest absolute Gasteiger partial charge is 0.390 e. The first-order valence-corrected chi connectivity index (χ1v) is 11.1.